The SMILES string of the molecule is O=C(O)CCCCNC(=O)[C@@H]1CCCNC1. The minimum atomic E-state index is -0.775. The molecule has 0 spiro atoms. The van der Waals surface area contributed by atoms with E-state index in [1.807, 2.05) is 0 Å². The van der Waals surface area contributed by atoms with E-state index in [1.165, 1.54) is 0 Å². The Kier molecular flexibility index (Phi) is 5.85. The van der Waals surface area contributed by atoms with Crippen molar-refractivity contribution in [2.45, 2.75) is 32.1 Å². The number of hydrogen-bond acceptors (Lipinski definition) is 3. The predicted molar refractivity (Wildman–Crippen MR) is 60.1 cm³/mol. The van der Waals surface area contributed by atoms with Crippen LogP contribution in [-0.2, 0) is 9.59 Å². The van der Waals surface area contributed by atoms with Gasteiger partial charge in [-0.2, -0.15) is 0 Å². The molecule has 1 aliphatic heterocycles. The number of aliphatic carboxylic acids is 1. The number of carboxylic acids is 1. The summed E-state index contributed by atoms with van der Waals surface area (Å²) in [5, 5.41) is 14.5. The van der Waals surface area contributed by atoms with E-state index in [0.29, 0.717) is 13.0 Å². The molecule has 0 aromatic heterocycles. The second-order valence-corrected chi connectivity index (χ2v) is 4.19. The fourth-order valence-corrected chi connectivity index (χ4v) is 1.83. The van der Waals surface area contributed by atoms with Gasteiger partial charge in [-0.1, -0.05) is 0 Å². The quantitative estimate of drug-likeness (QED) is 0.573. The molecule has 0 bridgehead atoms. The molecule has 16 heavy (non-hydrogen) atoms. The fourth-order valence-electron chi connectivity index (χ4n) is 1.83. The first kappa shape index (κ1) is 13.0. The van der Waals surface area contributed by atoms with Crippen molar-refractivity contribution in [1.82, 2.24) is 10.6 Å². The monoisotopic (exact) mass is 228 g/mol. The summed E-state index contributed by atoms with van der Waals surface area (Å²) in [5.41, 5.74) is 0. The molecule has 0 aliphatic carbocycles. The van der Waals surface area contributed by atoms with Crippen molar-refractivity contribution in [2.24, 2.45) is 5.92 Å². The minimum Gasteiger partial charge on any atom is -0.481 e. The van der Waals surface area contributed by atoms with Crippen LogP contribution in [0.2, 0.25) is 0 Å². The third kappa shape index (κ3) is 5.11. The average molecular weight is 228 g/mol. The summed E-state index contributed by atoms with van der Waals surface area (Å²) in [5.74, 6) is -0.585. The van der Waals surface area contributed by atoms with E-state index >= 15 is 0 Å². The third-order valence-corrected chi connectivity index (χ3v) is 2.78. The van der Waals surface area contributed by atoms with Crippen molar-refractivity contribution in [2.75, 3.05) is 19.6 Å². The van der Waals surface area contributed by atoms with Crippen LogP contribution < -0.4 is 10.6 Å². The fraction of sp³-hybridized carbons (Fsp3) is 0.818. The summed E-state index contributed by atoms with van der Waals surface area (Å²) in [6.45, 7) is 2.35. The lowest BCUT2D eigenvalue weighted by Gasteiger charge is -2.21. The largest absolute Gasteiger partial charge is 0.481 e. The first-order valence-corrected chi connectivity index (χ1v) is 5.90. The molecule has 0 radical (unpaired) electrons. The highest BCUT2D eigenvalue weighted by Gasteiger charge is 2.19. The Hall–Kier alpha value is -1.10. The molecule has 3 N–H and O–H groups in total. The number of hydrogen-bond donors (Lipinski definition) is 3. The van der Waals surface area contributed by atoms with Crippen LogP contribution in [-0.4, -0.2) is 36.6 Å². The molecule has 5 heteroatoms. The summed E-state index contributed by atoms with van der Waals surface area (Å²) in [4.78, 5) is 21.9. The smallest absolute Gasteiger partial charge is 0.303 e. The van der Waals surface area contributed by atoms with E-state index in [0.717, 1.165) is 32.4 Å². The van der Waals surface area contributed by atoms with Crippen LogP contribution in [0.1, 0.15) is 32.1 Å². The highest BCUT2D eigenvalue weighted by atomic mass is 16.4. The molecule has 1 fully saturated rings. The third-order valence-electron chi connectivity index (χ3n) is 2.78. The maximum atomic E-state index is 11.6. The van der Waals surface area contributed by atoms with Crippen LogP contribution in [0.5, 0.6) is 0 Å². The highest BCUT2D eigenvalue weighted by molar-refractivity contribution is 5.78. The van der Waals surface area contributed by atoms with Crippen LogP contribution in [0.4, 0.5) is 0 Å². The molecule has 0 saturated carbocycles. The number of rotatable bonds is 6. The van der Waals surface area contributed by atoms with Gasteiger partial charge in [-0.25, -0.2) is 0 Å². The summed E-state index contributed by atoms with van der Waals surface area (Å²) >= 11 is 0. The lowest BCUT2D eigenvalue weighted by atomic mass is 9.99. The van der Waals surface area contributed by atoms with Crippen molar-refractivity contribution in [3.63, 3.8) is 0 Å². The lowest BCUT2D eigenvalue weighted by Crippen LogP contribution is -2.40. The predicted octanol–water partition coefficient (Wildman–Crippen LogP) is 0.357. The average Bonchev–Trinajstić information content (AvgIpc) is 2.29. The van der Waals surface area contributed by atoms with Gasteiger partial charge < -0.3 is 15.7 Å². The second-order valence-electron chi connectivity index (χ2n) is 4.19. The first-order valence-electron chi connectivity index (χ1n) is 5.90. The molecule has 5 nitrogen and oxygen atoms in total. The van der Waals surface area contributed by atoms with Crippen LogP contribution >= 0.6 is 0 Å². The number of carbonyl (C=O) groups excluding carboxylic acids is 1. The van der Waals surface area contributed by atoms with Crippen LogP contribution in [0.15, 0.2) is 0 Å². The van der Waals surface area contributed by atoms with Crippen LogP contribution in [0.25, 0.3) is 0 Å². The molecule has 0 unspecified atom stereocenters. The standard InChI is InChI=1S/C11H20N2O3/c14-10(15)5-1-2-7-13-11(16)9-4-3-6-12-8-9/h9,12H,1-8H2,(H,13,16)(H,14,15)/t9-/m1/s1. The number of carboxylic acid groups (broad SMARTS) is 1. The molecular formula is C11H20N2O3. The van der Waals surface area contributed by atoms with E-state index in [-0.39, 0.29) is 18.2 Å². The summed E-state index contributed by atoms with van der Waals surface area (Å²) in [7, 11) is 0. The second kappa shape index (κ2) is 7.22. The van der Waals surface area contributed by atoms with Gasteiger partial charge >= 0.3 is 5.97 Å². The Morgan fingerprint density at radius 2 is 2.19 bits per heavy atom. The van der Waals surface area contributed by atoms with Crippen molar-refractivity contribution < 1.29 is 14.7 Å². The van der Waals surface area contributed by atoms with Gasteiger partial charge in [-0.05, 0) is 32.2 Å². The molecule has 1 atom stereocenters. The summed E-state index contributed by atoms with van der Waals surface area (Å²) in [6, 6.07) is 0. The zero-order chi connectivity index (χ0) is 11.8. The van der Waals surface area contributed by atoms with Crippen molar-refractivity contribution >= 4 is 11.9 Å². The van der Waals surface area contributed by atoms with Crippen molar-refractivity contribution in [3.8, 4) is 0 Å². The number of amides is 1. The molecule has 92 valence electrons. The van der Waals surface area contributed by atoms with E-state index in [2.05, 4.69) is 10.6 Å². The van der Waals surface area contributed by atoms with Crippen molar-refractivity contribution in [1.29, 1.82) is 0 Å². The van der Waals surface area contributed by atoms with Gasteiger partial charge in [0, 0.05) is 19.5 Å². The maximum Gasteiger partial charge on any atom is 0.303 e. The summed E-state index contributed by atoms with van der Waals surface area (Å²) < 4.78 is 0. The zero-order valence-electron chi connectivity index (χ0n) is 9.50. The molecule has 0 aromatic rings. The molecule has 1 saturated heterocycles. The Morgan fingerprint density at radius 1 is 1.38 bits per heavy atom. The maximum absolute atomic E-state index is 11.6. The molecule has 1 aliphatic rings. The van der Waals surface area contributed by atoms with E-state index in [1.54, 1.807) is 0 Å². The Bertz CT molecular complexity index is 237. The van der Waals surface area contributed by atoms with Gasteiger partial charge in [0.25, 0.3) is 0 Å². The number of unbranched alkanes of at least 4 members (excludes halogenated alkanes) is 1. The van der Waals surface area contributed by atoms with Gasteiger partial charge in [0.1, 0.15) is 0 Å². The highest BCUT2D eigenvalue weighted by Crippen LogP contribution is 2.09. The Morgan fingerprint density at radius 3 is 2.81 bits per heavy atom. The number of nitrogens with one attached hydrogen (secondary N) is 2. The summed E-state index contributed by atoms with van der Waals surface area (Å²) in [6.07, 6.45) is 3.54. The topological polar surface area (TPSA) is 78.4 Å². The molecule has 1 amide bonds. The number of piperidine rings is 1. The van der Waals surface area contributed by atoms with Gasteiger partial charge in [0.15, 0.2) is 0 Å². The minimum absolute atomic E-state index is 0.0909. The molecule has 1 rings (SSSR count). The Balaban J connectivity index is 2.03. The molecule has 1 heterocycles. The van der Waals surface area contributed by atoms with E-state index in [9.17, 15) is 9.59 Å². The van der Waals surface area contributed by atoms with Gasteiger partial charge in [0.2, 0.25) is 5.91 Å². The Labute approximate surface area is 95.6 Å². The van der Waals surface area contributed by atoms with Crippen molar-refractivity contribution in [3.05, 3.63) is 0 Å². The van der Waals surface area contributed by atoms with Gasteiger partial charge in [0.05, 0.1) is 5.92 Å². The van der Waals surface area contributed by atoms with Crippen LogP contribution in [0.3, 0.4) is 0 Å². The van der Waals surface area contributed by atoms with Gasteiger partial charge in [-0.3, -0.25) is 9.59 Å². The van der Waals surface area contributed by atoms with E-state index < -0.39 is 5.97 Å². The molecular weight excluding hydrogens is 208 g/mol. The van der Waals surface area contributed by atoms with Gasteiger partial charge in [-0.15, -0.1) is 0 Å². The first-order chi connectivity index (χ1) is 7.70. The number of carbonyl (C=O) groups is 2. The molecule has 0 aromatic carbocycles. The van der Waals surface area contributed by atoms with Crippen LogP contribution in [0, 0.1) is 5.92 Å². The lowest BCUT2D eigenvalue weighted by molar-refractivity contribution is -0.137. The zero-order valence-corrected chi connectivity index (χ0v) is 9.50. The normalized spacial score (nSPS) is 20.4. The van der Waals surface area contributed by atoms with E-state index in [4.69, 9.17) is 5.11 Å².